The zero-order valence-electron chi connectivity index (χ0n) is 16.5. The number of nitrogens with one attached hydrogen (secondary N) is 1. The van der Waals surface area contributed by atoms with Crippen LogP contribution in [0, 0.1) is 10.1 Å². The van der Waals surface area contributed by atoms with Crippen LogP contribution in [0.25, 0.3) is 0 Å². The molecular formula is C12H19N3O4S. The van der Waals surface area contributed by atoms with Crippen molar-refractivity contribution in [3.63, 3.8) is 0 Å². The number of nitro groups is 1. The average molecular weight is 307 g/mol. The Kier molecular flexibility index (Phi) is 3.95. The van der Waals surface area contributed by atoms with Crippen LogP contribution in [-0.2, 0) is 12.3 Å². The molecule has 0 aromatic carbocycles. The number of furan rings is 1. The van der Waals surface area contributed by atoms with Gasteiger partial charge in [-0.05, 0) is 26.1 Å². The molecule has 0 amide bonds. The van der Waals surface area contributed by atoms with E-state index in [4.69, 9.17) is 17.7 Å². The van der Waals surface area contributed by atoms with Crippen LogP contribution in [0.3, 0.4) is 0 Å². The Hall–Kier alpha value is -1.67. The highest BCUT2D eigenvalue weighted by molar-refractivity contribution is 7.98. The van der Waals surface area contributed by atoms with Crippen molar-refractivity contribution in [1.29, 1.82) is 0 Å². The maximum absolute atomic E-state index is 10.1. The smallest absolute Gasteiger partial charge is 0.293 e. The van der Waals surface area contributed by atoms with Gasteiger partial charge in [0.25, 0.3) is 12.1 Å². The van der Waals surface area contributed by atoms with Gasteiger partial charge in [0.1, 0.15) is 11.5 Å². The molecule has 0 bridgehead atoms. The van der Waals surface area contributed by atoms with Crippen LogP contribution in [0.5, 0.6) is 0 Å². The summed E-state index contributed by atoms with van der Waals surface area (Å²) in [5, 5.41) is 21.7. The third-order valence-corrected chi connectivity index (χ3v) is 3.04. The lowest BCUT2D eigenvalue weighted by molar-refractivity contribution is -0.405. The van der Waals surface area contributed by atoms with Crippen LogP contribution in [0.2, 0.25) is 0 Å². The average Bonchev–Trinajstić information content (AvgIpc) is 2.89. The van der Waals surface area contributed by atoms with Crippen molar-refractivity contribution in [3.05, 3.63) is 45.9 Å². The van der Waals surface area contributed by atoms with Crippen LogP contribution in [-0.4, -0.2) is 41.2 Å². The van der Waals surface area contributed by atoms with Gasteiger partial charge in [-0.3, -0.25) is 10.1 Å². The molecule has 0 atom stereocenters. The summed E-state index contributed by atoms with van der Waals surface area (Å²) in [5.41, 5.74) is 0. The monoisotopic (exact) mass is 307 g/mol. The van der Waals surface area contributed by atoms with E-state index in [1.165, 1.54) is 17.8 Å². The second-order valence-electron chi connectivity index (χ2n) is 3.73. The van der Waals surface area contributed by atoms with Crippen molar-refractivity contribution >= 4 is 11.8 Å². The zero-order valence-corrected chi connectivity index (χ0v) is 11.4. The fraction of sp³-hybridized carbons (Fsp3) is 0.500. The minimum atomic E-state index is -2.78. The minimum absolute atomic E-state index is 0.220. The molecule has 0 saturated carbocycles. The summed E-state index contributed by atoms with van der Waals surface area (Å²) in [7, 11) is 0. The molecule has 0 aliphatic carbocycles. The Labute approximate surface area is 130 Å². The van der Waals surface area contributed by atoms with E-state index in [1.807, 2.05) is 0 Å². The van der Waals surface area contributed by atoms with Gasteiger partial charge in [0.2, 0.25) is 0 Å². The molecule has 0 saturated heterocycles. The van der Waals surface area contributed by atoms with Gasteiger partial charge in [0.15, 0.2) is 0 Å². The predicted octanol–water partition coefficient (Wildman–Crippen LogP) is 1.80. The van der Waals surface area contributed by atoms with Gasteiger partial charge in [-0.15, -0.1) is 0 Å². The number of nitrogens with zero attached hydrogens (tertiary/aromatic N) is 2. The number of rotatable bonds is 9. The lowest BCUT2D eigenvalue weighted by Gasteiger charge is -2.05. The minimum Gasteiger partial charge on any atom is -0.490 e. The zero-order chi connectivity index (χ0) is 20.0. The van der Waals surface area contributed by atoms with E-state index in [0.717, 1.165) is 0 Å². The third-order valence-electron chi connectivity index (χ3n) is 2.06. The van der Waals surface area contributed by atoms with Gasteiger partial charge >= 0.3 is 0 Å². The molecule has 7 nitrogen and oxygen atoms in total. The molecule has 0 radical (unpaired) electrons. The third kappa shape index (κ3) is 7.05. The number of hydrogen-bond donors (Lipinski definition) is 2. The molecule has 0 aliphatic rings. The quantitative estimate of drug-likeness (QED) is 0.311. The van der Waals surface area contributed by atoms with Crippen molar-refractivity contribution in [2.24, 2.45) is 0 Å². The van der Waals surface area contributed by atoms with E-state index >= 15 is 0 Å². The van der Waals surface area contributed by atoms with Gasteiger partial charge in [-0.2, -0.15) is 11.8 Å². The van der Waals surface area contributed by atoms with Crippen molar-refractivity contribution in [2.75, 3.05) is 26.2 Å². The van der Waals surface area contributed by atoms with E-state index in [-0.39, 0.29) is 12.3 Å². The number of hydrogen-bond acceptors (Lipinski definition) is 7. The van der Waals surface area contributed by atoms with Gasteiger partial charge < -0.3 is 19.7 Å². The number of aliphatic hydroxyl groups is 1. The molecule has 1 aromatic heterocycles. The van der Waals surface area contributed by atoms with Crippen LogP contribution in [0.15, 0.2) is 28.6 Å². The summed E-state index contributed by atoms with van der Waals surface area (Å²) in [4.78, 5) is 9.75. The number of thioether (sulfide) groups is 1. The van der Waals surface area contributed by atoms with E-state index in [9.17, 15) is 10.1 Å². The first-order valence-electron chi connectivity index (χ1n) is 8.61. The molecule has 112 valence electrons. The lowest BCUT2D eigenvalue weighted by Crippen LogP contribution is -2.17. The molecule has 2 N–H and O–H groups in total. The summed E-state index contributed by atoms with van der Waals surface area (Å²) < 4.78 is 49.3. The Morgan fingerprint density at radius 2 is 2.40 bits per heavy atom. The SMILES string of the molecule is [2H]C([2H])([2H])N(Cc1ccc(CSCCN/C(O)=C/[N+](=O)[O-])o1)C([2H])([2H])[2H]. The fourth-order valence-corrected chi connectivity index (χ4v) is 2.06. The van der Waals surface area contributed by atoms with Crippen LogP contribution < -0.4 is 5.32 Å². The van der Waals surface area contributed by atoms with E-state index in [1.54, 1.807) is 6.07 Å². The van der Waals surface area contributed by atoms with Crippen LogP contribution in [0.4, 0.5) is 0 Å². The highest BCUT2D eigenvalue weighted by Gasteiger charge is 2.04. The van der Waals surface area contributed by atoms with Crippen LogP contribution >= 0.6 is 11.8 Å². The summed E-state index contributed by atoms with van der Waals surface area (Å²) >= 11 is 1.41. The summed E-state index contributed by atoms with van der Waals surface area (Å²) in [6.45, 7) is -5.64. The second-order valence-corrected chi connectivity index (χ2v) is 4.84. The molecular weight excluding hydrogens is 282 g/mol. The first kappa shape index (κ1) is 9.30. The molecule has 0 unspecified atom stereocenters. The topological polar surface area (TPSA) is 91.8 Å². The predicted molar refractivity (Wildman–Crippen MR) is 78.0 cm³/mol. The van der Waals surface area contributed by atoms with Crippen molar-refractivity contribution in [1.82, 2.24) is 10.2 Å². The Morgan fingerprint density at radius 1 is 1.65 bits per heavy atom. The van der Waals surface area contributed by atoms with E-state index < -0.39 is 24.8 Å². The summed E-state index contributed by atoms with van der Waals surface area (Å²) in [6, 6.07) is 3.14. The highest BCUT2D eigenvalue weighted by Crippen LogP contribution is 2.15. The molecule has 8 heteroatoms. The number of aliphatic hydroxyl groups excluding tert-OH is 1. The Morgan fingerprint density at radius 3 is 3.10 bits per heavy atom. The molecule has 1 rings (SSSR count). The molecule has 1 heterocycles. The Bertz CT molecular complexity index is 617. The van der Waals surface area contributed by atoms with Crippen molar-refractivity contribution < 1.29 is 22.7 Å². The maximum atomic E-state index is 10.1. The van der Waals surface area contributed by atoms with Gasteiger partial charge in [0, 0.05) is 20.5 Å². The van der Waals surface area contributed by atoms with E-state index in [0.29, 0.717) is 34.9 Å². The first-order chi connectivity index (χ1) is 11.9. The molecule has 20 heavy (non-hydrogen) atoms. The first-order valence-corrected chi connectivity index (χ1v) is 6.76. The van der Waals surface area contributed by atoms with Gasteiger partial charge in [0.05, 0.1) is 17.2 Å². The summed E-state index contributed by atoms with van der Waals surface area (Å²) in [5.74, 6) is 1.17. The van der Waals surface area contributed by atoms with Crippen molar-refractivity contribution in [3.8, 4) is 0 Å². The highest BCUT2D eigenvalue weighted by atomic mass is 32.2. The van der Waals surface area contributed by atoms with E-state index in [2.05, 4.69) is 5.32 Å². The molecule has 0 fully saturated rings. The Balaban J connectivity index is 2.47. The maximum Gasteiger partial charge on any atom is 0.293 e. The molecule has 0 spiro atoms. The lowest BCUT2D eigenvalue weighted by atomic mass is 10.4. The van der Waals surface area contributed by atoms with Crippen LogP contribution in [0.1, 0.15) is 19.7 Å². The van der Waals surface area contributed by atoms with Gasteiger partial charge in [-0.1, -0.05) is 0 Å². The largest absolute Gasteiger partial charge is 0.490 e. The molecule has 0 aliphatic heterocycles. The van der Waals surface area contributed by atoms with Crippen molar-refractivity contribution in [2.45, 2.75) is 12.3 Å². The fourth-order valence-electron chi connectivity index (χ4n) is 1.31. The standard InChI is InChI=1S/C12H19N3O4S/c1-14(2)7-10-3-4-11(19-10)9-20-6-5-13-12(16)8-15(17)18/h3-4,8,13,16H,5-7,9H2,1-2H3/b12-8-/i1D3,2D3. The van der Waals surface area contributed by atoms with Gasteiger partial charge in [-0.25, -0.2) is 0 Å². The normalized spacial score (nSPS) is 17.6. The molecule has 1 aromatic rings. The second kappa shape index (κ2) is 8.49. The summed E-state index contributed by atoms with van der Waals surface area (Å²) in [6.07, 6.45) is 0.450.